The summed E-state index contributed by atoms with van der Waals surface area (Å²) in [6.45, 7) is 11.7. The predicted octanol–water partition coefficient (Wildman–Crippen LogP) is 3.24. The molecule has 6 nitrogen and oxygen atoms in total. The Morgan fingerprint density at radius 3 is 2.54 bits per heavy atom. The number of unbranched alkanes of at least 4 members (excludes halogenated alkanes) is 1. The second-order valence-electron chi connectivity index (χ2n) is 8.74. The smallest absolute Gasteiger partial charge is 0.315 e. The molecule has 1 aromatic rings. The Hall–Kier alpha value is -1.82. The molecule has 0 bridgehead atoms. The first-order chi connectivity index (χ1) is 13.6. The summed E-state index contributed by atoms with van der Waals surface area (Å²) in [5, 5.41) is 5.89. The van der Waals surface area contributed by atoms with Gasteiger partial charge in [-0.25, -0.2) is 9.78 Å². The van der Waals surface area contributed by atoms with Crippen LogP contribution >= 0.6 is 0 Å². The van der Waals surface area contributed by atoms with Gasteiger partial charge in [-0.15, -0.1) is 0 Å². The predicted molar refractivity (Wildman–Crippen MR) is 115 cm³/mol. The average molecular weight is 388 g/mol. The van der Waals surface area contributed by atoms with E-state index in [0.29, 0.717) is 6.54 Å². The third-order valence-corrected chi connectivity index (χ3v) is 5.82. The minimum Gasteiger partial charge on any atom is -0.357 e. The van der Waals surface area contributed by atoms with E-state index in [1.807, 2.05) is 6.20 Å². The summed E-state index contributed by atoms with van der Waals surface area (Å²) < 4.78 is 0. The van der Waals surface area contributed by atoms with Crippen molar-refractivity contribution >= 4 is 11.8 Å². The van der Waals surface area contributed by atoms with Crippen molar-refractivity contribution in [1.29, 1.82) is 0 Å². The topological polar surface area (TPSA) is 60.5 Å². The summed E-state index contributed by atoms with van der Waals surface area (Å²) in [7, 11) is 0. The first kappa shape index (κ1) is 20.9. The summed E-state index contributed by atoms with van der Waals surface area (Å²) in [5.74, 6) is 2.67. The zero-order valence-corrected chi connectivity index (χ0v) is 17.6. The van der Waals surface area contributed by atoms with Crippen LogP contribution in [0.5, 0.6) is 0 Å². The number of nitrogens with one attached hydrogen (secondary N) is 2. The molecule has 2 fully saturated rings. The fourth-order valence-electron chi connectivity index (χ4n) is 4.54. The summed E-state index contributed by atoms with van der Waals surface area (Å²) >= 11 is 0. The van der Waals surface area contributed by atoms with E-state index in [1.165, 1.54) is 32.4 Å². The maximum absolute atomic E-state index is 12.0. The van der Waals surface area contributed by atoms with Gasteiger partial charge in [0, 0.05) is 45.5 Å². The molecule has 0 radical (unpaired) electrons. The standard InChI is InChI=1S/C22H37N5O/c1-18-13-19(2)17-26(16-18)10-4-3-9-23-22(28)25-15-20-7-8-21(24-14-20)27-11-5-6-12-27/h7-8,14,18-19H,3-6,9-13,15-17H2,1-2H3,(H2,23,25,28). The van der Waals surface area contributed by atoms with Crippen LogP contribution in [0.1, 0.15) is 51.5 Å². The number of anilines is 1. The second kappa shape index (κ2) is 10.6. The lowest BCUT2D eigenvalue weighted by Crippen LogP contribution is -2.39. The maximum Gasteiger partial charge on any atom is 0.315 e. The van der Waals surface area contributed by atoms with Gasteiger partial charge in [0.05, 0.1) is 0 Å². The number of aromatic nitrogens is 1. The molecular weight excluding hydrogens is 350 g/mol. The lowest BCUT2D eigenvalue weighted by Gasteiger charge is -2.34. The number of amides is 2. The molecule has 2 saturated heterocycles. The fraction of sp³-hybridized carbons (Fsp3) is 0.727. The van der Waals surface area contributed by atoms with Gasteiger partial charge in [0.1, 0.15) is 5.82 Å². The van der Waals surface area contributed by atoms with Gasteiger partial charge in [-0.3, -0.25) is 0 Å². The Kier molecular flexibility index (Phi) is 7.95. The zero-order valence-electron chi connectivity index (χ0n) is 17.6. The molecule has 2 unspecified atom stereocenters. The second-order valence-corrected chi connectivity index (χ2v) is 8.74. The Balaban J connectivity index is 1.25. The molecule has 0 saturated carbocycles. The van der Waals surface area contributed by atoms with Crippen LogP contribution < -0.4 is 15.5 Å². The zero-order chi connectivity index (χ0) is 19.8. The van der Waals surface area contributed by atoms with Gasteiger partial charge in [0.2, 0.25) is 0 Å². The van der Waals surface area contributed by atoms with Crippen LogP contribution in [0.25, 0.3) is 0 Å². The number of urea groups is 1. The minimum absolute atomic E-state index is 0.0937. The molecular formula is C22H37N5O. The molecule has 1 aromatic heterocycles. The third-order valence-electron chi connectivity index (χ3n) is 5.82. The number of pyridine rings is 1. The van der Waals surface area contributed by atoms with Crippen LogP contribution in [0.2, 0.25) is 0 Å². The average Bonchev–Trinajstić information content (AvgIpc) is 3.20. The number of likely N-dealkylation sites (tertiary alicyclic amines) is 1. The van der Waals surface area contributed by atoms with E-state index in [-0.39, 0.29) is 6.03 Å². The molecule has 2 aliphatic heterocycles. The summed E-state index contributed by atoms with van der Waals surface area (Å²) in [6, 6.07) is 4.02. The van der Waals surface area contributed by atoms with E-state index < -0.39 is 0 Å². The number of carbonyl (C=O) groups excluding carboxylic acids is 1. The molecule has 0 aromatic carbocycles. The van der Waals surface area contributed by atoms with Crippen molar-refractivity contribution in [2.24, 2.45) is 11.8 Å². The van der Waals surface area contributed by atoms with Crippen LogP contribution in [0.15, 0.2) is 18.3 Å². The number of carbonyl (C=O) groups is 1. The molecule has 28 heavy (non-hydrogen) atoms. The first-order valence-corrected chi connectivity index (χ1v) is 11.0. The van der Waals surface area contributed by atoms with E-state index in [0.717, 1.165) is 62.2 Å². The van der Waals surface area contributed by atoms with Crippen LogP contribution in [0, 0.1) is 11.8 Å². The van der Waals surface area contributed by atoms with Crippen LogP contribution in [-0.4, -0.2) is 55.2 Å². The van der Waals surface area contributed by atoms with E-state index in [9.17, 15) is 4.79 Å². The lowest BCUT2D eigenvalue weighted by molar-refractivity contribution is 0.139. The summed E-state index contributed by atoms with van der Waals surface area (Å²) in [5.41, 5.74) is 1.03. The molecule has 2 N–H and O–H groups in total. The molecule has 156 valence electrons. The van der Waals surface area contributed by atoms with Crippen molar-refractivity contribution < 1.29 is 4.79 Å². The first-order valence-electron chi connectivity index (χ1n) is 11.0. The summed E-state index contributed by atoms with van der Waals surface area (Å²) in [4.78, 5) is 21.4. The van der Waals surface area contributed by atoms with Crippen molar-refractivity contribution in [1.82, 2.24) is 20.5 Å². The monoisotopic (exact) mass is 387 g/mol. The van der Waals surface area contributed by atoms with Crippen molar-refractivity contribution in [3.63, 3.8) is 0 Å². The SMILES string of the molecule is CC1CC(C)CN(CCCCNC(=O)NCc2ccc(N3CCCC3)nc2)C1. The van der Waals surface area contributed by atoms with Gasteiger partial charge in [0.25, 0.3) is 0 Å². The van der Waals surface area contributed by atoms with Crippen molar-refractivity contribution in [3.8, 4) is 0 Å². The Bertz CT molecular complexity index is 589. The number of piperidine rings is 1. The molecule has 2 amide bonds. The molecule has 3 heterocycles. The van der Waals surface area contributed by atoms with Gasteiger partial charge in [0.15, 0.2) is 0 Å². The van der Waals surface area contributed by atoms with Crippen molar-refractivity contribution in [3.05, 3.63) is 23.9 Å². The van der Waals surface area contributed by atoms with Crippen LogP contribution in [0.4, 0.5) is 10.6 Å². The van der Waals surface area contributed by atoms with Crippen LogP contribution in [-0.2, 0) is 6.54 Å². The Labute approximate surface area is 170 Å². The van der Waals surface area contributed by atoms with E-state index in [4.69, 9.17) is 0 Å². The highest BCUT2D eigenvalue weighted by molar-refractivity contribution is 5.73. The van der Waals surface area contributed by atoms with Gasteiger partial charge in [-0.1, -0.05) is 19.9 Å². The van der Waals surface area contributed by atoms with Gasteiger partial charge in [-0.05, 0) is 62.1 Å². The number of nitrogens with zero attached hydrogens (tertiary/aromatic N) is 3. The highest BCUT2D eigenvalue weighted by Crippen LogP contribution is 2.21. The van der Waals surface area contributed by atoms with E-state index in [1.54, 1.807) is 0 Å². The largest absolute Gasteiger partial charge is 0.357 e. The molecule has 2 aliphatic rings. The van der Waals surface area contributed by atoms with Gasteiger partial charge in [-0.2, -0.15) is 0 Å². The van der Waals surface area contributed by atoms with E-state index in [2.05, 4.69) is 51.4 Å². The lowest BCUT2D eigenvalue weighted by atomic mass is 9.92. The minimum atomic E-state index is -0.0937. The summed E-state index contributed by atoms with van der Waals surface area (Å²) in [6.07, 6.45) is 7.90. The van der Waals surface area contributed by atoms with E-state index >= 15 is 0 Å². The van der Waals surface area contributed by atoms with Gasteiger partial charge >= 0.3 is 6.03 Å². The normalized spacial score (nSPS) is 23.0. The molecule has 3 rings (SSSR count). The number of hydrogen-bond donors (Lipinski definition) is 2. The molecule has 6 heteroatoms. The molecule has 0 aliphatic carbocycles. The fourth-order valence-corrected chi connectivity index (χ4v) is 4.54. The molecule has 2 atom stereocenters. The Morgan fingerprint density at radius 2 is 1.86 bits per heavy atom. The van der Waals surface area contributed by atoms with Crippen molar-refractivity contribution in [2.45, 2.75) is 52.5 Å². The molecule has 0 spiro atoms. The van der Waals surface area contributed by atoms with Crippen molar-refractivity contribution in [2.75, 3.05) is 44.2 Å². The number of rotatable bonds is 8. The Morgan fingerprint density at radius 1 is 1.11 bits per heavy atom. The number of hydrogen-bond acceptors (Lipinski definition) is 4. The highest BCUT2D eigenvalue weighted by atomic mass is 16.2. The van der Waals surface area contributed by atoms with Gasteiger partial charge < -0.3 is 20.4 Å². The van der Waals surface area contributed by atoms with Crippen LogP contribution in [0.3, 0.4) is 0 Å². The third kappa shape index (κ3) is 6.66. The quantitative estimate of drug-likeness (QED) is 0.672. The highest BCUT2D eigenvalue weighted by Gasteiger charge is 2.21. The maximum atomic E-state index is 12.0.